The smallest absolute Gasteiger partial charge is 0.115 e. The molecule has 0 saturated carbocycles. The van der Waals surface area contributed by atoms with E-state index in [9.17, 15) is 5.11 Å². The van der Waals surface area contributed by atoms with Crippen LogP contribution in [-0.2, 0) is 6.42 Å². The summed E-state index contributed by atoms with van der Waals surface area (Å²) in [7, 11) is 0. The summed E-state index contributed by atoms with van der Waals surface area (Å²) in [5.74, 6) is 0.378. The molecule has 1 unspecified atom stereocenters. The molecular formula is C18H21NO. The molecule has 0 radical (unpaired) electrons. The van der Waals surface area contributed by atoms with Crippen LogP contribution in [0, 0.1) is 6.92 Å². The molecule has 2 heteroatoms. The first-order chi connectivity index (χ1) is 9.69. The SMILES string of the molecule is CCN(c1ccc(C)cc1)C1CCc2cc(O)ccc21. The minimum atomic E-state index is 0.378. The van der Waals surface area contributed by atoms with Gasteiger partial charge in [0.15, 0.2) is 0 Å². The quantitative estimate of drug-likeness (QED) is 0.900. The Morgan fingerprint density at radius 1 is 1.15 bits per heavy atom. The Labute approximate surface area is 120 Å². The van der Waals surface area contributed by atoms with Crippen LogP contribution in [0.4, 0.5) is 5.69 Å². The summed E-state index contributed by atoms with van der Waals surface area (Å²) in [6.45, 7) is 5.32. The van der Waals surface area contributed by atoms with Crippen LogP contribution in [0.15, 0.2) is 42.5 Å². The van der Waals surface area contributed by atoms with Crippen LogP contribution < -0.4 is 4.90 Å². The van der Waals surface area contributed by atoms with Gasteiger partial charge in [-0.3, -0.25) is 0 Å². The standard InChI is InChI=1S/C18H21NO/c1-3-19(15-7-4-13(2)5-8-15)18-11-6-14-12-16(20)9-10-17(14)18/h4-5,7-10,12,18,20H,3,6,11H2,1-2H3. The number of hydrogen-bond donors (Lipinski definition) is 1. The van der Waals surface area contributed by atoms with Gasteiger partial charge in [-0.15, -0.1) is 0 Å². The van der Waals surface area contributed by atoms with Crippen LogP contribution in [0.5, 0.6) is 5.75 Å². The number of hydrogen-bond acceptors (Lipinski definition) is 2. The van der Waals surface area contributed by atoms with E-state index < -0.39 is 0 Å². The second-order valence-corrected chi connectivity index (χ2v) is 5.56. The molecule has 1 aliphatic carbocycles. The number of anilines is 1. The van der Waals surface area contributed by atoms with E-state index in [1.165, 1.54) is 22.4 Å². The van der Waals surface area contributed by atoms with Crippen molar-refractivity contribution in [3.63, 3.8) is 0 Å². The van der Waals surface area contributed by atoms with Crippen LogP contribution in [0.25, 0.3) is 0 Å². The molecule has 1 aliphatic rings. The van der Waals surface area contributed by atoms with Gasteiger partial charge in [0.1, 0.15) is 5.75 Å². The van der Waals surface area contributed by atoms with Gasteiger partial charge in [-0.2, -0.15) is 0 Å². The topological polar surface area (TPSA) is 23.5 Å². The summed E-state index contributed by atoms with van der Waals surface area (Å²) in [4.78, 5) is 2.46. The first-order valence-electron chi connectivity index (χ1n) is 7.34. The minimum Gasteiger partial charge on any atom is -0.508 e. The van der Waals surface area contributed by atoms with E-state index in [-0.39, 0.29) is 0 Å². The van der Waals surface area contributed by atoms with E-state index in [1.807, 2.05) is 6.07 Å². The summed E-state index contributed by atoms with van der Waals surface area (Å²) in [6, 6.07) is 15.0. The second-order valence-electron chi connectivity index (χ2n) is 5.56. The number of nitrogens with zero attached hydrogens (tertiary/aromatic N) is 1. The van der Waals surface area contributed by atoms with Crippen LogP contribution in [0.1, 0.15) is 36.1 Å². The summed E-state index contributed by atoms with van der Waals surface area (Å²) in [6.07, 6.45) is 2.18. The molecule has 0 aromatic heterocycles. The van der Waals surface area contributed by atoms with E-state index in [4.69, 9.17) is 0 Å². The van der Waals surface area contributed by atoms with Crippen LogP contribution >= 0.6 is 0 Å². The Morgan fingerprint density at radius 2 is 1.90 bits per heavy atom. The zero-order chi connectivity index (χ0) is 14.1. The van der Waals surface area contributed by atoms with Crippen molar-refractivity contribution < 1.29 is 5.11 Å². The second kappa shape index (κ2) is 5.20. The molecule has 3 rings (SSSR count). The molecule has 104 valence electrons. The minimum absolute atomic E-state index is 0.378. The van der Waals surface area contributed by atoms with Crippen molar-refractivity contribution >= 4 is 5.69 Å². The Balaban J connectivity index is 1.94. The van der Waals surface area contributed by atoms with Gasteiger partial charge in [0.05, 0.1) is 6.04 Å². The molecule has 0 saturated heterocycles. The zero-order valence-corrected chi connectivity index (χ0v) is 12.1. The summed E-state index contributed by atoms with van der Waals surface area (Å²) < 4.78 is 0. The zero-order valence-electron chi connectivity index (χ0n) is 12.1. The normalized spacial score (nSPS) is 17.0. The average Bonchev–Trinajstić information content (AvgIpc) is 2.85. The van der Waals surface area contributed by atoms with Gasteiger partial charge in [0, 0.05) is 12.2 Å². The highest BCUT2D eigenvalue weighted by Crippen LogP contribution is 2.39. The molecule has 2 aromatic rings. The monoisotopic (exact) mass is 267 g/mol. The molecule has 1 N–H and O–H groups in total. The number of fused-ring (bicyclic) bond motifs is 1. The Morgan fingerprint density at radius 3 is 2.60 bits per heavy atom. The molecule has 0 bridgehead atoms. The largest absolute Gasteiger partial charge is 0.508 e. The highest BCUT2D eigenvalue weighted by atomic mass is 16.3. The third-order valence-corrected chi connectivity index (χ3v) is 4.26. The van der Waals surface area contributed by atoms with E-state index in [1.54, 1.807) is 6.07 Å². The lowest BCUT2D eigenvalue weighted by Gasteiger charge is -2.31. The van der Waals surface area contributed by atoms with Crippen molar-refractivity contribution in [1.82, 2.24) is 0 Å². The van der Waals surface area contributed by atoms with Crippen LogP contribution in [0.2, 0.25) is 0 Å². The summed E-state index contributed by atoms with van der Waals surface area (Å²) >= 11 is 0. The molecule has 2 nitrogen and oxygen atoms in total. The highest BCUT2D eigenvalue weighted by Gasteiger charge is 2.27. The van der Waals surface area contributed by atoms with Crippen molar-refractivity contribution in [2.75, 3.05) is 11.4 Å². The molecule has 0 amide bonds. The van der Waals surface area contributed by atoms with E-state index in [2.05, 4.69) is 49.1 Å². The van der Waals surface area contributed by atoms with Gasteiger partial charge in [0.25, 0.3) is 0 Å². The fourth-order valence-corrected chi connectivity index (χ4v) is 3.22. The fourth-order valence-electron chi connectivity index (χ4n) is 3.22. The molecule has 0 aliphatic heterocycles. The first kappa shape index (κ1) is 13.0. The maximum atomic E-state index is 9.61. The average molecular weight is 267 g/mol. The van der Waals surface area contributed by atoms with E-state index in [0.29, 0.717) is 11.8 Å². The van der Waals surface area contributed by atoms with Crippen LogP contribution in [-0.4, -0.2) is 11.7 Å². The maximum Gasteiger partial charge on any atom is 0.115 e. The van der Waals surface area contributed by atoms with E-state index in [0.717, 1.165) is 19.4 Å². The van der Waals surface area contributed by atoms with Gasteiger partial charge < -0.3 is 10.0 Å². The predicted octanol–water partition coefficient (Wildman–Crippen LogP) is 4.21. The van der Waals surface area contributed by atoms with Gasteiger partial charge in [-0.25, -0.2) is 0 Å². The third kappa shape index (κ3) is 2.26. The Hall–Kier alpha value is -1.96. The van der Waals surface area contributed by atoms with Crippen molar-refractivity contribution in [3.8, 4) is 5.75 Å². The molecular weight excluding hydrogens is 246 g/mol. The lowest BCUT2D eigenvalue weighted by atomic mass is 10.1. The summed E-state index contributed by atoms with van der Waals surface area (Å²) in [5.41, 5.74) is 5.23. The number of benzene rings is 2. The van der Waals surface area contributed by atoms with Crippen LogP contribution in [0.3, 0.4) is 0 Å². The summed E-state index contributed by atoms with van der Waals surface area (Å²) in [5, 5.41) is 9.61. The molecule has 2 aromatic carbocycles. The van der Waals surface area contributed by atoms with Crippen molar-refractivity contribution in [1.29, 1.82) is 0 Å². The van der Waals surface area contributed by atoms with Gasteiger partial charge >= 0.3 is 0 Å². The molecule has 0 fully saturated rings. The van der Waals surface area contributed by atoms with Crippen molar-refractivity contribution in [2.24, 2.45) is 0 Å². The number of aromatic hydroxyl groups is 1. The highest BCUT2D eigenvalue weighted by molar-refractivity contribution is 5.52. The molecule has 0 spiro atoms. The lowest BCUT2D eigenvalue weighted by molar-refractivity contribution is 0.474. The van der Waals surface area contributed by atoms with E-state index >= 15 is 0 Å². The van der Waals surface area contributed by atoms with Gasteiger partial charge in [-0.05, 0) is 62.1 Å². The van der Waals surface area contributed by atoms with Gasteiger partial charge in [0.2, 0.25) is 0 Å². The number of phenols is 1. The number of phenolic OH excluding ortho intramolecular Hbond substituents is 1. The molecule has 0 heterocycles. The molecule has 1 atom stereocenters. The lowest BCUT2D eigenvalue weighted by Crippen LogP contribution is -2.26. The first-order valence-corrected chi connectivity index (χ1v) is 7.34. The number of rotatable bonds is 3. The van der Waals surface area contributed by atoms with Crippen molar-refractivity contribution in [2.45, 2.75) is 32.7 Å². The Bertz CT molecular complexity index is 603. The maximum absolute atomic E-state index is 9.61. The molecule has 20 heavy (non-hydrogen) atoms. The van der Waals surface area contributed by atoms with Crippen molar-refractivity contribution in [3.05, 3.63) is 59.2 Å². The predicted molar refractivity (Wildman–Crippen MR) is 83.4 cm³/mol. The number of aryl methyl sites for hydroxylation is 2. The third-order valence-electron chi connectivity index (χ3n) is 4.26. The van der Waals surface area contributed by atoms with Gasteiger partial charge in [-0.1, -0.05) is 23.8 Å². The fraction of sp³-hybridized carbons (Fsp3) is 0.333. The Kier molecular flexibility index (Phi) is 3.39.